The van der Waals surface area contributed by atoms with Crippen LogP contribution in [0.2, 0.25) is 0 Å². The SMILES string of the molecule is CC(C)n1cnc2c(Nc3cn[nH]c3)nc(N3CCOCC3)nc21.CC(C)n1cnc2c(Nc3cnn([C@@H](CN(C)C)c4ccccc4)c3)nc(N3CCOCC3)nc21.CN(C)CCc1ccccc1.[HH].[HH]. The Kier molecular flexibility index (Phi) is 16.6. The third-order valence-electron chi connectivity index (χ3n) is 11.9. The fourth-order valence-electron chi connectivity index (χ4n) is 8.08. The molecule has 2 aliphatic heterocycles. The molecule has 8 heterocycles. The highest BCUT2D eigenvalue weighted by Gasteiger charge is 2.23. The number of rotatable bonds is 15. The molecule has 20 nitrogen and oxygen atoms in total. The van der Waals surface area contributed by atoms with Gasteiger partial charge >= 0.3 is 0 Å². The lowest BCUT2D eigenvalue weighted by atomic mass is 10.1. The summed E-state index contributed by atoms with van der Waals surface area (Å²) in [4.78, 5) is 37.1. The van der Waals surface area contributed by atoms with Crippen molar-refractivity contribution in [2.45, 2.75) is 52.2 Å². The molecule has 374 valence electrons. The first-order valence-electron chi connectivity index (χ1n) is 24.1. The van der Waals surface area contributed by atoms with E-state index in [0.717, 1.165) is 79.4 Å². The Bertz CT molecular complexity index is 2820. The monoisotopic (exact) mass is 957 g/mol. The predicted octanol–water partition coefficient (Wildman–Crippen LogP) is 7.33. The molecule has 1 atom stereocenters. The summed E-state index contributed by atoms with van der Waals surface area (Å²) in [6, 6.07) is 21.6. The normalized spacial score (nSPS) is 14.6. The molecule has 10 rings (SSSR count). The van der Waals surface area contributed by atoms with Crippen LogP contribution < -0.4 is 20.4 Å². The number of morpholine rings is 2. The number of hydrogen-bond acceptors (Lipinski definition) is 16. The van der Waals surface area contributed by atoms with E-state index in [1.165, 1.54) is 11.1 Å². The number of ether oxygens (including phenoxy) is 2. The van der Waals surface area contributed by atoms with Gasteiger partial charge in [-0.2, -0.15) is 30.1 Å². The maximum absolute atomic E-state index is 5.53. The Morgan fingerprint density at radius 3 is 1.67 bits per heavy atom. The van der Waals surface area contributed by atoms with Crippen LogP contribution in [0.4, 0.5) is 34.9 Å². The third-order valence-corrected chi connectivity index (χ3v) is 11.9. The van der Waals surface area contributed by atoms with E-state index in [-0.39, 0.29) is 21.0 Å². The summed E-state index contributed by atoms with van der Waals surface area (Å²) in [5.41, 5.74) is 7.47. The maximum atomic E-state index is 5.53. The number of benzene rings is 2. The van der Waals surface area contributed by atoms with E-state index in [9.17, 15) is 0 Å². The smallest absolute Gasteiger partial charge is 0.229 e. The zero-order valence-corrected chi connectivity index (χ0v) is 41.8. The van der Waals surface area contributed by atoms with Crippen LogP contribution in [0.15, 0.2) is 98.1 Å². The first-order valence-corrected chi connectivity index (χ1v) is 24.1. The molecule has 0 unspecified atom stereocenters. The molecule has 2 saturated heterocycles. The topological polar surface area (TPSA) is 189 Å². The number of likely N-dealkylation sites (N-methyl/N-ethyl adjacent to an activating group) is 2. The van der Waals surface area contributed by atoms with Crippen LogP contribution in [-0.2, 0) is 15.9 Å². The molecule has 0 saturated carbocycles. The molecule has 0 radical (unpaired) electrons. The second kappa shape index (κ2) is 23.5. The van der Waals surface area contributed by atoms with E-state index in [2.05, 4.69) is 170 Å². The number of fused-ring (bicyclic) bond motifs is 2. The fraction of sp³-hybridized carbons (Fsp3) is 0.440. The summed E-state index contributed by atoms with van der Waals surface area (Å²) < 4.78 is 17.1. The number of anilines is 6. The van der Waals surface area contributed by atoms with Gasteiger partial charge in [0, 0.05) is 66.6 Å². The van der Waals surface area contributed by atoms with Crippen molar-refractivity contribution >= 4 is 57.2 Å². The standard InChI is InChI=1S/C25H33N9O.C15H20N8O.C10H15N.2H2/c1-18(2)33-17-26-22-23(29-25(30-24(22)33)32-10-12-35-13-11-32)28-20-14-27-34(15-20)21(16-31(3)4)19-8-6-5-7-9-19;1-10(2)23-9-16-12-13(19-11-7-17-18-8-11)20-15(21-14(12)23)22-3-5-24-6-4-22;1-11(2)9-8-10-6-4-3-5-7-10;;/h5-9,14-15,17-18,21H,10-13,16H2,1-4H3,(H,28,29,30);7-10H,3-6H2,1-2H3,(H,17,18)(H,19,20,21);3-7H,8-9H2,1-2H3;2*1H/t21-;;;;/m0..../s1. The van der Waals surface area contributed by atoms with E-state index in [4.69, 9.17) is 34.5 Å². The van der Waals surface area contributed by atoms with Gasteiger partial charge in [0.15, 0.2) is 34.0 Å². The predicted molar refractivity (Wildman–Crippen MR) is 281 cm³/mol. The lowest BCUT2D eigenvalue weighted by Crippen LogP contribution is -2.37. The third kappa shape index (κ3) is 12.6. The van der Waals surface area contributed by atoms with Crippen molar-refractivity contribution in [1.82, 2.24) is 68.8 Å². The van der Waals surface area contributed by atoms with Crippen molar-refractivity contribution in [2.24, 2.45) is 0 Å². The molecule has 0 amide bonds. The van der Waals surface area contributed by atoms with Gasteiger partial charge in [0.1, 0.15) is 0 Å². The van der Waals surface area contributed by atoms with E-state index < -0.39 is 0 Å². The van der Waals surface area contributed by atoms with Gasteiger partial charge in [0.25, 0.3) is 0 Å². The van der Waals surface area contributed by atoms with Crippen molar-refractivity contribution in [3.8, 4) is 0 Å². The van der Waals surface area contributed by atoms with E-state index >= 15 is 0 Å². The van der Waals surface area contributed by atoms with Gasteiger partial charge in [0.05, 0.1) is 68.9 Å². The highest BCUT2D eigenvalue weighted by molar-refractivity contribution is 5.87. The Morgan fingerprint density at radius 2 is 1.19 bits per heavy atom. The van der Waals surface area contributed by atoms with Gasteiger partial charge in [0.2, 0.25) is 11.9 Å². The van der Waals surface area contributed by atoms with Gasteiger partial charge in [-0.25, -0.2) is 9.97 Å². The van der Waals surface area contributed by atoms with Crippen molar-refractivity contribution in [1.29, 1.82) is 0 Å². The largest absolute Gasteiger partial charge is 0.378 e. The van der Waals surface area contributed by atoms with Gasteiger partial charge in [-0.3, -0.25) is 9.78 Å². The van der Waals surface area contributed by atoms with Crippen LogP contribution in [0, 0.1) is 0 Å². The van der Waals surface area contributed by atoms with Crippen LogP contribution in [-0.4, -0.2) is 163 Å². The van der Waals surface area contributed by atoms with Crippen LogP contribution in [0.1, 0.15) is 59.8 Å². The maximum Gasteiger partial charge on any atom is 0.229 e. The highest BCUT2D eigenvalue weighted by atomic mass is 16.5. The molecule has 0 bridgehead atoms. The molecule has 0 spiro atoms. The molecule has 20 heteroatoms. The summed E-state index contributed by atoms with van der Waals surface area (Å²) in [5.74, 6) is 2.74. The summed E-state index contributed by atoms with van der Waals surface area (Å²) in [6.45, 7) is 16.3. The Labute approximate surface area is 413 Å². The molecular weight excluding hydrogens is 885 g/mol. The zero-order valence-electron chi connectivity index (χ0n) is 41.8. The van der Waals surface area contributed by atoms with Gasteiger partial charge in [-0.1, -0.05) is 60.7 Å². The molecule has 70 heavy (non-hydrogen) atoms. The summed E-state index contributed by atoms with van der Waals surface area (Å²) in [6.07, 6.45) is 12.2. The van der Waals surface area contributed by atoms with E-state index in [1.54, 1.807) is 12.4 Å². The average molecular weight is 957 g/mol. The second-order valence-corrected chi connectivity index (χ2v) is 18.5. The molecule has 2 aromatic carbocycles. The summed E-state index contributed by atoms with van der Waals surface area (Å²) in [7, 11) is 8.36. The van der Waals surface area contributed by atoms with Crippen molar-refractivity contribution in [2.75, 3.05) is 114 Å². The first-order chi connectivity index (χ1) is 34.0. The minimum Gasteiger partial charge on any atom is -0.378 e. The molecule has 2 aliphatic rings. The number of imidazole rings is 2. The summed E-state index contributed by atoms with van der Waals surface area (Å²) >= 11 is 0. The van der Waals surface area contributed by atoms with E-state index in [1.807, 2.05) is 35.8 Å². The number of aromatic amines is 1. The molecule has 8 aromatic rings. The Hall–Kier alpha value is -7.00. The summed E-state index contributed by atoms with van der Waals surface area (Å²) in [5, 5.41) is 18.2. The number of nitrogens with one attached hydrogen (secondary N) is 3. The van der Waals surface area contributed by atoms with Crippen molar-refractivity contribution in [3.63, 3.8) is 0 Å². The zero-order chi connectivity index (χ0) is 49.0. The lowest BCUT2D eigenvalue weighted by Gasteiger charge is -2.27. The van der Waals surface area contributed by atoms with Crippen molar-refractivity contribution < 1.29 is 12.3 Å². The minimum atomic E-state index is 0. The fourth-order valence-corrected chi connectivity index (χ4v) is 8.08. The highest BCUT2D eigenvalue weighted by Crippen LogP contribution is 2.30. The Morgan fingerprint density at radius 1 is 0.657 bits per heavy atom. The number of nitrogens with zero attached hydrogens (tertiary/aromatic N) is 15. The van der Waals surface area contributed by atoms with Crippen molar-refractivity contribution in [3.05, 3.63) is 109 Å². The lowest BCUT2D eigenvalue weighted by molar-refractivity contribution is 0.122. The molecular formula is C50H72N18O2. The first kappa shape index (κ1) is 49.4. The van der Waals surface area contributed by atoms with Gasteiger partial charge < -0.3 is 48.8 Å². The van der Waals surface area contributed by atoms with E-state index in [0.29, 0.717) is 50.0 Å². The quantitative estimate of drug-likeness (QED) is 0.0926. The molecule has 3 N–H and O–H groups in total. The number of aromatic nitrogens is 12. The van der Waals surface area contributed by atoms with Gasteiger partial charge in [-0.15, -0.1) is 0 Å². The van der Waals surface area contributed by atoms with Crippen LogP contribution in [0.3, 0.4) is 0 Å². The minimum absolute atomic E-state index is 0. The Balaban J connectivity index is 0.000000198. The number of H-pyrrole nitrogens is 1. The van der Waals surface area contributed by atoms with Crippen LogP contribution in [0.25, 0.3) is 22.3 Å². The average Bonchev–Trinajstić information content (AvgIpc) is 4.22. The second-order valence-electron chi connectivity index (χ2n) is 18.5. The molecule has 0 aliphatic carbocycles. The molecule has 2 fully saturated rings. The van der Waals surface area contributed by atoms with Crippen LogP contribution >= 0.6 is 0 Å². The number of hydrogen-bond donors (Lipinski definition) is 3. The molecule has 6 aromatic heterocycles. The van der Waals surface area contributed by atoms with Gasteiger partial charge in [-0.05, 0) is 73.4 Å². The van der Waals surface area contributed by atoms with Crippen LogP contribution in [0.5, 0.6) is 0 Å².